The Bertz CT molecular complexity index is 562. The molecule has 1 heterocycles. The lowest BCUT2D eigenvalue weighted by Crippen LogP contribution is -2.37. The van der Waals surface area contributed by atoms with Gasteiger partial charge in [0.15, 0.2) is 0 Å². The molecule has 0 saturated heterocycles. The minimum Gasteiger partial charge on any atom is -0.234 e. The Kier molecular flexibility index (Phi) is 23.9. The molecule has 212 valence electrons. The molecule has 0 bridgehead atoms. The van der Waals surface area contributed by atoms with Crippen LogP contribution in [0.2, 0.25) is 0 Å². The van der Waals surface area contributed by atoms with Gasteiger partial charge in [-0.3, -0.25) is 0 Å². The van der Waals surface area contributed by atoms with Crippen LogP contribution in [0.25, 0.3) is 0 Å². The van der Waals surface area contributed by atoms with Gasteiger partial charge < -0.3 is 0 Å². The smallest absolute Gasteiger partial charge is 0.234 e. The fraction of sp³-hybridized carbons (Fsp3) is 0.912. The van der Waals surface area contributed by atoms with E-state index in [4.69, 9.17) is 0 Å². The number of aromatic nitrogens is 2. The molecule has 0 N–H and O–H groups in total. The van der Waals surface area contributed by atoms with Gasteiger partial charge >= 0.3 is 0 Å². The maximum Gasteiger partial charge on any atom is 0.256 e. The predicted octanol–water partition coefficient (Wildman–Crippen LogP) is 11.1. The van der Waals surface area contributed by atoms with Crippen molar-refractivity contribution in [3.8, 4) is 0 Å². The zero-order chi connectivity index (χ0) is 25.9. The molecule has 0 aliphatic rings. The highest BCUT2D eigenvalue weighted by Crippen LogP contribution is 2.14. The molecule has 0 spiro atoms. The van der Waals surface area contributed by atoms with Gasteiger partial charge in [-0.15, -0.1) is 0 Å². The largest absolute Gasteiger partial charge is 0.256 e. The molecule has 2 nitrogen and oxygen atoms in total. The van der Waals surface area contributed by atoms with E-state index >= 15 is 0 Å². The summed E-state index contributed by atoms with van der Waals surface area (Å²) in [5, 5.41) is 0. The minimum absolute atomic E-state index is 1.23. The van der Waals surface area contributed by atoms with E-state index in [-0.39, 0.29) is 0 Å². The lowest BCUT2D eigenvalue weighted by Gasteiger charge is -2.07. The second kappa shape index (κ2) is 25.8. The summed E-state index contributed by atoms with van der Waals surface area (Å²) in [6, 6.07) is 0. The van der Waals surface area contributed by atoms with Crippen LogP contribution in [0, 0.1) is 0 Å². The fourth-order valence-corrected chi connectivity index (χ4v) is 5.62. The van der Waals surface area contributed by atoms with Crippen LogP contribution in [0.1, 0.15) is 187 Å². The summed E-state index contributed by atoms with van der Waals surface area (Å²) in [5.74, 6) is 1.61. The van der Waals surface area contributed by atoms with Crippen LogP contribution in [0.4, 0.5) is 0 Å². The Morgan fingerprint density at radius 2 is 0.861 bits per heavy atom. The Morgan fingerprint density at radius 1 is 0.472 bits per heavy atom. The number of imidazole rings is 1. The fourth-order valence-electron chi connectivity index (χ4n) is 5.62. The molecule has 0 aliphatic heterocycles. The van der Waals surface area contributed by atoms with Gasteiger partial charge in [-0.2, -0.15) is 0 Å². The van der Waals surface area contributed by atoms with Crippen molar-refractivity contribution in [1.29, 1.82) is 0 Å². The highest BCUT2D eigenvalue weighted by atomic mass is 15.1. The average Bonchev–Trinajstić information content (AvgIpc) is 3.27. The van der Waals surface area contributed by atoms with Crippen molar-refractivity contribution >= 4 is 0 Å². The molecule has 1 rings (SSSR count). The second-order valence-electron chi connectivity index (χ2n) is 11.6. The Labute approximate surface area is 228 Å². The van der Waals surface area contributed by atoms with Crippen LogP contribution in [0.3, 0.4) is 0 Å². The lowest BCUT2D eigenvalue weighted by molar-refractivity contribution is -0.704. The van der Waals surface area contributed by atoms with Gasteiger partial charge in [0.1, 0.15) is 12.4 Å². The molecule has 0 aliphatic carbocycles. The van der Waals surface area contributed by atoms with E-state index in [2.05, 4.69) is 42.3 Å². The SMILES string of the molecule is CCCCCCCCCCCCCn1cc[n+](CCCCCCCCCC)c1CCCCCCCC. The van der Waals surface area contributed by atoms with Gasteiger partial charge in [0.2, 0.25) is 0 Å². The third kappa shape index (κ3) is 18.5. The molecule has 2 heteroatoms. The maximum absolute atomic E-state index is 2.62. The van der Waals surface area contributed by atoms with Crippen molar-refractivity contribution in [1.82, 2.24) is 4.57 Å². The van der Waals surface area contributed by atoms with E-state index in [9.17, 15) is 0 Å². The summed E-state index contributed by atoms with van der Waals surface area (Å²) < 4.78 is 5.23. The van der Waals surface area contributed by atoms with Crippen molar-refractivity contribution in [2.75, 3.05) is 0 Å². The average molecular weight is 504 g/mol. The number of aryl methyl sites for hydroxylation is 2. The van der Waals surface area contributed by atoms with Crippen molar-refractivity contribution in [2.24, 2.45) is 0 Å². The first-order valence-corrected chi connectivity index (χ1v) is 16.9. The Hall–Kier alpha value is -0.790. The van der Waals surface area contributed by atoms with Crippen LogP contribution in [-0.4, -0.2) is 4.57 Å². The van der Waals surface area contributed by atoms with E-state index < -0.39 is 0 Å². The van der Waals surface area contributed by atoms with Crippen LogP contribution in [-0.2, 0) is 19.5 Å². The molecule has 0 aromatic carbocycles. The molecule has 36 heavy (non-hydrogen) atoms. The molecule has 0 amide bonds. The number of nitrogens with zero attached hydrogens (tertiary/aromatic N) is 2. The summed E-state index contributed by atoms with van der Waals surface area (Å²) in [6.45, 7) is 9.39. The van der Waals surface area contributed by atoms with Crippen molar-refractivity contribution < 1.29 is 4.57 Å². The summed E-state index contributed by atoms with van der Waals surface area (Å²) >= 11 is 0. The quantitative estimate of drug-likeness (QED) is 0.0794. The molecular weight excluding hydrogens is 436 g/mol. The molecule has 0 radical (unpaired) electrons. The first-order chi connectivity index (χ1) is 17.8. The summed E-state index contributed by atoms with van der Waals surface area (Å²) in [4.78, 5) is 0. The van der Waals surface area contributed by atoms with E-state index in [0.29, 0.717) is 0 Å². The molecule has 0 fully saturated rings. The zero-order valence-corrected chi connectivity index (χ0v) is 25.3. The molecule has 0 unspecified atom stereocenters. The zero-order valence-electron chi connectivity index (χ0n) is 25.3. The summed E-state index contributed by atoms with van der Waals surface area (Å²) in [5.41, 5.74) is 0. The molecule has 0 atom stereocenters. The summed E-state index contributed by atoms with van der Waals surface area (Å²) in [7, 11) is 0. The predicted molar refractivity (Wildman–Crippen MR) is 161 cm³/mol. The van der Waals surface area contributed by atoms with Crippen LogP contribution < -0.4 is 4.57 Å². The van der Waals surface area contributed by atoms with Gasteiger partial charge in [-0.05, 0) is 32.1 Å². The summed E-state index contributed by atoms with van der Waals surface area (Å²) in [6.07, 6.45) is 41.4. The van der Waals surface area contributed by atoms with Crippen molar-refractivity contribution in [2.45, 2.75) is 201 Å². The Balaban J connectivity index is 2.31. The highest BCUT2D eigenvalue weighted by molar-refractivity contribution is 4.84. The first-order valence-electron chi connectivity index (χ1n) is 16.9. The first kappa shape index (κ1) is 33.2. The van der Waals surface area contributed by atoms with E-state index in [1.165, 1.54) is 180 Å². The number of unbranched alkanes of at least 4 members (excludes halogenated alkanes) is 22. The molecule has 1 aromatic rings. The number of rotatable bonds is 28. The van der Waals surface area contributed by atoms with E-state index in [0.717, 1.165) is 0 Å². The molecule has 0 saturated carbocycles. The standard InChI is InChI=1S/C34H67N2/c1-4-7-10-13-16-18-19-20-22-25-28-31-36-33-32-35(30-27-24-21-17-14-11-8-5-2)34(36)29-26-23-15-12-9-6-3/h32-33H,4-31H2,1-3H3/q+1. The minimum atomic E-state index is 1.23. The maximum atomic E-state index is 2.62. The van der Waals surface area contributed by atoms with Crippen LogP contribution in [0.5, 0.6) is 0 Å². The highest BCUT2D eigenvalue weighted by Gasteiger charge is 2.16. The third-order valence-electron chi connectivity index (χ3n) is 8.10. The van der Waals surface area contributed by atoms with Gasteiger partial charge in [0, 0.05) is 6.42 Å². The van der Waals surface area contributed by atoms with Crippen molar-refractivity contribution in [3.05, 3.63) is 18.2 Å². The number of hydrogen-bond donors (Lipinski definition) is 0. The topological polar surface area (TPSA) is 8.81 Å². The van der Waals surface area contributed by atoms with E-state index in [1.54, 1.807) is 5.82 Å². The monoisotopic (exact) mass is 504 g/mol. The van der Waals surface area contributed by atoms with Crippen LogP contribution >= 0.6 is 0 Å². The molecular formula is C34H67N2+. The lowest BCUT2D eigenvalue weighted by atomic mass is 10.1. The van der Waals surface area contributed by atoms with E-state index in [1.807, 2.05) is 0 Å². The normalized spacial score (nSPS) is 11.5. The van der Waals surface area contributed by atoms with Gasteiger partial charge in [0.05, 0.1) is 13.1 Å². The van der Waals surface area contributed by atoms with Gasteiger partial charge in [-0.1, -0.05) is 149 Å². The number of hydrogen-bond acceptors (Lipinski definition) is 0. The van der Waals surface area contributed by atoms with Crippen molar-refractivity contribution in [3.63, 3.8) is 0 Å². The molecule has 1 aromatic heterocycles. The third-order valence-corrected chi connectivity index (χ3v) is 8.10. The van der Waals surface area contributed by atoms with Crippen LogP contribution in [0.15, 0.2) is 12.4 Å². The second-order valence-corrected chi connectivity index (χ2v) is 11.6. The van der Waals surface area contributed by atoms with Gasteiger partial charge in [0.25, 0.3) is 5.82 Å². The Morgan fingerprint density at radius 3 is 1.33 bits per heavy atom. The van der Waals surface area contributed by atoms with Gasteiger partial charge in [-0.25, -0.2) is 9.13 Å².